The summed E-state index contributed by atoms with van der Waals surface area (Å²) >= 11 is 1.24. The van der Waals surface area contributed by atoms with Crippen molar-refractivity contribution in [3.8, 4) is 0 Å². The van der Waals surface area contributed by atoms with E-state index in [1.807, 2.05) is 0 Å². The monoisotopic (exact) mass is 238 g/mol. The normalized spacial score (nSPS) is 10.2. The average Bonchev–Trinajstić information content (AvgIpc) is 2.89. The van der Waals surface area contributed by atoms with E-state index in [9.17, 15) is 4.79 Å². The lowest BCUT2D eigenvalue weighted by molar-refractivity contribution is 0.0950. The number of nitrogen functional groups attached to an aromatic ring is 1. The molecule has 0 saturated carbocycles. The van der Waals surface area contributed by atoms with Crippen LogP contribution in [0.25, 0.3) is 0 Å². The van der Waals surface area contributed by atoms with Crippen molar-refractivity contribution in [2.45, 2.75) is 6.42 Å². The van der Waals surface area contributed by atoms with Crippen molar-refractivity contribution < 1.29 is 4.79 Å². The third kappa shape index (κ3) is 2.54. The Kier molecular flexibility index (Phi) is 3.10. The van der Waals surface area contributed by atoms with Crippen LogP contribution in [-0.2, 0) is 6.42 Å². The van der Waals surface area contributed by atoms with Crippen LogP contribution in [0.3, 0.4) is 0 Å². The number of carbonyl (C=O) groups is 1. The number of rotatable bonds is 4. The van der Waals surface area contributed by atoms with Crippen molar-refractivity contribution in [1.82, 2.24) is 25.5 Å². The van der Waals surface area contributed by atoms with E-state index in [1.54, 1.807) is 5.38 Å². The molecule has 0 aromatic carbocycles. The molecule has 2 aromatic rings. The number of aromatic nitrogens is 4. The molecule has 0 radical (unpaired) electrons. The molecule has 0 bridgehead atoms. The van der Waals surface area contributed by atoms with Crippen molar-refractivity contribution in [2.24, 2.45) is 0 Å². The number of H-pyrrole nitrogens is 1. The molecule has 0 aliphatic rings. The number of hydrogen-bond donors (Lipinski definition) is 3. The van der Waals surface area contributed by atoms with Gasteiger partial charge in [0.2, 0.25) is 0 Å². The topological polar surface area (TPSA) is 110 Å². The second-order valence-electron chi connectivity index (χ2n) is 3.01. The zero-order chi connectivity index (χ0) is 11.4. The van der Waals surface area contributed by atoms with Crippen LogP contribution < -0.4 is 11.1 Å². The fourth-order valence-electron chi connectivity index (χ4n) is 1.13. The molecule has 0 aliphatic carbocycles. The highest BCUT2D eigenvalue weighted by Gasteiger charge is 2.08. The maximum absolute atomic E-state index is 11.5. The Morgan fingerprint density at radius 2 is 2.50 bits per heavy atom. The van der Waals surface area contributed by atoms with Gasteiger partial charge in [-0.25, -0.2) is 9.97 Å². The number of carbonyl (C=O) groups excluding carboxylic acids is 1. The quantitative estimate of drug-likeness (QED) is 0.684. The number of nitrogens with one attached hydrogen (secondary N) is 2. The van der Waals surface area contributed by atoms with E-state index in [0.29, 0.717) is 23.8 Å². The summed E-state index contributed by atoms with van der Waals surface area (Å²) in [5.41, 5.74) is 5.77. The van der Waals surface area contributed by atoms with Gasteiger partial charge in [-0.05, 0) is 0 Å². The number of thiazole rings is 1. The van der Waals surface area contributed by atoms with E-state index in [1.165, 1.54) is 17.7 Å². The molecule has 7 nitrogen and oxygen atoms in total. The van der Waals surface area contributed by atoms with Crippen molar-refractivity contribution in [2.75, 3.05) is 12.3 Å². The zero-order valence-corrected chi connectivity index (χ0v) is 9.12. The first kappa shape index (κ1) is 10.6. The van der Waals surface area contributed by atoms with Gasteiger partial charge in [0, 0.05) is 18.3 Å². The van der Waals surface area contributed by atoms with E-state index < -0.39 is 0 Å². The van der Waals surface area contributed by atoms with E-state index >= 15 is 0 Å². The van der Waals surface area contributed by atoms with Gasteiger partial charge in [-0.2, -0.15) is 5.10 Å². The lowest BCUT2D eigenvalue weighted by atomic mass is 10.4. The van der Waals surface area contributed by atoms with Crippen molar-refractivity contribution in [1.29, 1.82) is 0 Å². The van der Waals surface area contributed by atoms with Crippen LogP contribution in [0.15, 0.2) is 11.7 Å². The van der Waals surface area contributed by atoms with Crippen molar-refractivity contribution in [3.05, 3.63) is 23.2 Å². The molecule has 2 heterocycles. The summed E-state index contributed by atoms with van der Waals surface area (Å²) in [4.78, 5) is 19.3. The molecule has 0 saturated heterocycles. The molecule has 4 N–H and O–H groups in total. The minimum absolute atomic E-state index is 0.229. The average molecular weight is 238 g/mol. The van der Waals surface area contributed by atoms with Gasteiger partial charge in [0.1, 0.15) is 17.8 Å². The molecule has 0 atom stereocenters. The molecule has 0 spiro atoms. The second-order valence-corrected chi connectivity index (χ2v) is 3.90. The van der Waals surface area contributed by atoms with E-state index in [-0.39, 0.29) is 5.91 Å². The highest BCUT2D eigenvalue weighted by molar-refractivity contribution is 7.13. The molecule has 0 aliphatic heterocycles. The summed E-state index contributed by atoms with van der Waals surface area (Å²) < 4.78 is 0. The number of nitrogens with two attached hydrogens (primary N) is 1. The minimum atomic E-state index is -0.229. The van der Waals surface area contributed by atoms with Crippen LogP contribution in [-0.4, -0.2) is 32.6 Å². The zero-order valence-electron chi connectivity index (χ0n) is 8.30. The van der Waals surface area contributed by atoms with Gasteiger partial charge in [-0.15, -0.1) is 11.3 Å². The Morgan fingerprint density at radius 3 is 3.12 bits per heavy atom. The SMILES string of the molecule is Nc1nc(C(=O)NCCc2ncn[nH]2)cs1. The van der Waals surface area contributed by atoms with Gasteiger partial charge < -0.3 is 11.1 Å². The first-order valence-corrected chi connectivity index (χ1v) is 5.47. The molecule has 2 aromatic heterocycles. The van der Waals surface area contributed by atoms with Gasteiger partial charge in [-0.3, -0.25) is 9.89 Å². The Balaban J connectivity index is 1.80. The number of nitrogens with zero attached hydrogens (tertiary/aromatic N) is 3. The number of hydrogen-bond acceptors (Lipinski definition) is 6. The molecule has 84 valence electrons. The summed E-state index contributed by atoms with van der Waals surface area (Å²) in [5.74, 6) is 0.505. The number of anilines is 1. The molecule has 1 amide bonds. The fourth-order valence-corrected chi connectivity index (χ4v) is 1.67. The summed E-state index contributed by atoms with van der Waals surface area (Å²) in [5, 5.41) is 11.1. The lowest BCUT2D eigenvalue weighted by Crippen LogP contribution is -2.26. The summed E-state index contributed by atoms with van der Waals surface area (Å²) in [6.45, 7) is 0.478. The summed E-state index contributed by atoms with van der Waals surface area (Å²) in [7, 11) is 0. The predicted octanol–water partition coefficient (Wildman–Crippen LogP) is -0.184. The van der Waals surface area contributed by atoms with Gasteiger partial charge in [0.15, 0.2) is 5.13 Å². The highest BCUT2D eigenvalue weighted by atomic mass is 32.1. The Labute approximate surface area is 95.1 Å². The summed E-state index contributed by atoms with van der Waals surface area (Å²) in [6, 6.07) is 0. The molecule has 16 heavy (non-hydrogen) atoms. The smallest absolute Gasteiger partial charge is 0.270 e. The third-order valence-corrected chi connectivity index (χ3v) is 2.54. The minimum Gasteiger partial charge on any atom is -0.375 e. The van der Waals surface area contributed by atoms with Gasteiger partial charge in [0.25, 0.3) is 5.91 Å². The van der Waals surface area contributed by atoms with E-state index in [2.05, 4.69) is 25.5 Å². The van der Waals surface area contributed by atoms with Crippen molar-refractivity contribution >= 4 is 22.4 Å². The number of amides is 1. The van der Waals surface area contributed by atoms with Crippen LogP contribution in [0.2, 0.25) is 0 Å². The van der Waals surface area contributed by atoms with Crippen LogP contribution in [0.4, 0.5) is 5.13 Å². The van der Waals surface area contributed by atoms with Crippen LogP contribution in [0, 0.1) is 0 Å². The Morgan fingerprint density at radius 1 is 1.62 bits per heavy atom. The molecule has 0 unspecified atom stereocenters. The lowest BCUT2D eigenvalue weighted by Gasteiger charge is -2.00. The van der Waals surface area contributed by atoms with Crippen LogP contribution >= 0.6 is 11.3 Å². The largest absolute Gasteiger partial charge is 0.375 e. The Bertz CT molecular complexity index is 465. The highest BCUT2D eigenvalue weighted by Crippen LogP contribution is 2.10. The molecule has 0 fully saturated rings. The van der Waals surface area contributed by atoms with Gasteiger partial charge >= 0.3 is 0 Å². The molecular weight excluding hydrogens is 228 g/mol. The van der Waals surface area contributed by atoms with Crippen LogP contribution in [0.1, 0.15) is 16.3 Å². The van der Waals surface area contributed by atoms with Crippen molar-refractivity contribution in [3.63, 3.8) is 0 Å². The molecular formula is C8H10N6OS. The first-order valence-electron chi connectivity index (χ1n) is 4.59. The predicted molar refractivity (Wildman–Crippen MR) is 58.9 cm³/mol. The summed E-state index contributed by atoms with van der Waals surface area (Å²) in [6.07, 6.45) is 2.03. The first-order chi connectivity index (χ1) is 7.75. The molecule has 2 rings (SSSR count). The maximum atomic E-state index is 11.5. The maximum Gasteiger partial charge on any atom is 0.270 e. The van der Waals surface area contributed by atoms with E-state index in [0.717, 1.165) is 5.82 Å². The van der Waals surface area contributed by atoms with E-state index in [4.69, 9.17) is 5.73 Å². The molecule has 8 heteroatoms. The standard InChI is InChI=1S/C8H10N6OS/c9-8-13-5(3-16-8)7(15)10-2-1-6-11-4-12-14-6/h3-4H,1-2H2,(H2,9,13)(H,10,15)(H,11,12,14). The number of aromatic amines is 1. The van der Waals surface area contributed by atoms with Gasteiger partial charge in [0.05, 0.1) is 0 Å². The fraction of sp³-hybridized carbons (Fsp3) is 0.250. The second kappa shape index (κ2) is 4.71. The van der Waals surface area contributed by atoms with Crippen LogP contribution in [0.5, 0.6) is 0 Å². The third-order valence-electron chi connectivity index (χ3n) is 1.87. The van der Waals surface area contributed by atoms with Gasteiger partial charge in [-0.1, -0.05) is 0 Å². The Hall–Kier alpha value is -1.96.